The molecule has 0 saturated heterocycles. The van der Waals surface area contributed by atoms with Gasteiger partial charge in [0, 0.05) is 34.9 Å². The maximum atomic E-state index is 13.5. The molecule has 0 bridgehead atoms. The van der Waals surface area contributed by atoms with Gasteiger partial charge in [0.1, 0.15) is 22.8 Å². The highest BCUT2D eigenvalue weighted by atomic mass is 19.4. The summed E-state index contributed by atoms with van der Waals surface area (Å²) in [5.74, 6) is -1.14. The van der Waals surface area contributed by atoms with E-state index in [1.807, 2.05) is 5.10 Å². The Morgan fingerprint density at radius 1 is 0.583 bits per heavy atom. The number of hydrogen-bond acceptors (Lipinski definition) is 10. The van der Waals surface area contributed by atoms with E-state index in [4.69, 9.17) is 10.0 Å². The molecule has 0 aliphatic carbocycles. The van der Waals surface area contributed by atoms with Gasteiger partial charge in [0.25, 0.3) is 0 Å². The van der Waals surface area contributed by atoms with Crippen molar-refractivity contribution in [2.24, 2.45) is 10.3 Å². The molecule has 0 amide bonds. The van der Waals surface area contributed by atoms with Crippen LogP contribution in [0.4, 0.5) is 43.9 Å². The monoisotopic (exact) mass is 850 g/mol. The summed E-state index contributed by atoms with van der Waals surface area (Å²) in [5.41, 5.74) is -1.69. The van der Waals surface area contributed by atoms with Crippen LogP contribution < -0.4 is 10.3 Å². The molecule has 0 unspecified atom stereocenters. The molecule has 6 aromatic rings. The Bertz CT molecular complexity index is 2400. The Morgan fingerprint density at radius 3 is 1.38 bits per heavy atom. The molecular formula is C39H32F10N8O3. The first-order chi connectivity index (χ1) is 28.1. The second-order valence-corrected chi connectivity index (χ2v) is 12.1. The van der Waals surface area contributed by atoms with Crippen LogP contribution in [0.25, 0.3) is 33.8 Å². The van der Waals surface area contributed by atoms with Gasteiger partial charge in [0.05, 0.1) is 11.4 Å². The van der Waals surface area contributed by atoms with Crippen LogP contribution in [0.5, 0.6) is 5.75 Å². The summed E-state index contributed by atoms with van der Waals surface area (Å²) in [6.45, 7) is 6.78. The van der Waals surface area contributed by atoms with E-state index in [-0.39, 0.29) is 22.8 Å². The lowest BCUT2D eigenvalue weighted by molar-refractivity contribution is -0.142. The standard InChI is InChI=1S/C14H12F3N3O.C11H6F4N2.C11H7F3N2O.C3H7NO/c1-9(2)20-21-11-8-12(14(15,16)17)18-19-13(11)10-6-4-3-5-7-10;12-8-6-9(11(13,14)15)16-17-10(8)7-4-2-1-3-5-7;12-11(13,14)9-6-8(17)10(16-15-9)7-4-2-1-3-5-7;1-3(2)4-5/h3-8H,1-2H3;1-6H;1-6H,(H,15,17);5H,1-2H3. The van der Waals surface area contributed by atoms with Crippen molar-refractivity contribution < 1.29 is 53.9 Å². The Balaban J connectivity index is 0.000000228. The number of oxime groups is 2. The van der Waals surface area contributed by atoms with Crippen LogP contribution >= 0.6 is 0 Å². The predicted molar refractivity (Wildman–Crippen MR) is 200 cm³/mol. The molecule has 0 aliphatic heterocycles. The minimum absolute atomic E-state index is 0.0291. The summed E-state index contributed by atoms with van der Waals surface area (Å²) >= 11 is 0. The van der Waals surface area contributed by atoms with Crippen LogP contribution in [-0.4, -0.2) is 47.2 Å². The predicted octanol–water partition coefficient (Wildman–Crippen LogP) is 10.6. The van der Waals surface area contributed by atoms with Crippen molar-refractivity contribution in [3.05, 3.63) is 142 Å². The van der Waals surface area contributed by atoms with Crippen molar-refractivity contribution in [2.75, 3.05) is 0 Å². The smallest absolute Gasteiger partial charge is 0.411 e. The molecule has 11 nitrogen and oxygen atoms in total. The Hall–Kier alpha value is -7.06. The summed E-state index contributed by atoms with van der Waals surface area (Å²) in [6.07, 6.45) is -13.9. The molecule has 60 heavy (non-hydrogen) atoms. The molecule has 0 radical (unpaired) electrons. The highest BCUT2D eigenvalue weighted by molar-refractivity contribution is 5.79. The van der Waals surface area contributed by atoms with Gasteiger partial charge in [-0.2, -0.15) is 44.6 Å². The van der Waals surface area contributed by atoms with Gasteiger partial charge in [-0.05, 0) is 27.7 Å². The maximum absolute atomic E-state index is 13.5. The SMILES string of the molecule is CC(C)=NO.CC(C)=NOc1cc(C(F)(F)F)nnc1-c1ccccc1.Fc1cc(C(F)(F)F)nnc1-c1ccccc1.O=c1cc(C(F)(F)F)[nH]nc1-c1ccccc1. The molecule has 0 fully saturated rings. The van der Waals surface area contributed by atoms with E-state index >= 15 is 0 Å². The molecule has 3 aromatic carbocycles. The molecule has 6 rings (SSSR count). The van der Waals surface area contributed by atoms with E-state index in [1.54, 1.807) is 119 Å². The first kappa shape index (κ1) is 47.3. The molecule has 0 saturated carbocycles. The fourth-order valence-corrected chi connectivity index (χ4v) is 4.17. The third kappa shape index (κ3) is 14.7. The van der Waals surface area contributed by atoms with Crippen LogP contribution in [0, 0.1) is 5.82 Å². The summed E-state index contributed by atoms with van der Waals surface area (Å²) in [7, 11) is 0. The number of hydrogen-bond donors (Lipinski definition) is 2. The quantitative estimate of drug-likeness (QED) is 0.0753. The van der Waals surface area contributed by atoms with Gasteiger partial charge >= 0.3 is 18.5 Å². The van der Waals surface area contributed by atoms with E-state index in [0.29, 0.717) is 40.2 Å². The van der Waals surface area contributed by atoms with E-state index in [2.05, 4.69) is 35.8 Å². The molecular weight excluding hydrogens is 818 g/mol. The largest absolute Gasteiger partial charge is 0.435 e. The molecule has 316 valence electrons. The highest BCUT2D eigenvalue weighted by Crippen LogP contribution is 2.34. The van der Waals surface area contributed by atoms with Crippen molar-refractivity contribution in [1.29, 1.82) is 0 Å². The number of benzene rings is 3. The van der Waals surface area contributed by atoms with E-state index < -0.39 is 46.9 Å². The molecule has 2 N–H and O–H groups in total. The Kier molecular flexibility index (Phi) is 16.6. The second-order valence-electron chi connectivity index (χ2n) is 12.1. The summed E-state index contributed by atoms with van der Waals surface area (Å²) < 4.78 is 125. The van der Waals surface area contributed by atoms with E-state index in [0.717, 1.165) is 6.07 Å². The number of aromatic amines is 1. The van der Waals surface area contributed by atoms with Crippen LogP contribution in [-0.2, 0) is 18.5 Å². The number of aromatic nitrogens is 6. The molecule has 21 heteroatoms. The van der Waals surface area contributed by atoms with Crippen molar-refractivity contribution >= 4 is 11.4 Å². The zero-order valence-electron chi connectivity index (χ0n) is 31.6. The zero-order chi connectivity index (χ0) is 44.7. The third-order valence-electron chi connectivity index (χ3n) is 6.86. The van der Waals surface area contributed by atoms with Gasteiger partial charge in [0.15, 0.2) is 23.0 Å². The third-order valence-corrected chi connectivity index (χ3v) is 6.86. The Labute approximate surface area is 334 Å². The average molecular weight is 851 g/mol. The van der Waals surface area contributed by atoms with Crippen molar-refractivity contribution in [3.63, 3.8) is 0 Å². The fraction of sp³-hybridized carbons (Fsp3) is 0.179. The minimum atomic E-state index is -4.69. The van der Waals surface area contributed by atoms with Crippen molar-refractivity contribution in [2.45, 2.75) is 46.2 Å². The number of H-pyrrole nitrogens is 1. The average Bonchev–Trinajstić information content (AvgIpc) is 3.20. The van der Waals surface area contributed by atoms with Gasteiger partial charge in [0.2, 0.25) is 5.43 Å². The molecule has 3 aromatic heterocycles. The highest BCUT2D eigenvalue weighted by Gasteiger charge is 2.35. The van der Waals surface area contributed by atoms with Gasteiger partial charge in [-0.1, -0.05) is 101 Å². The molecule has 0 spiro atoms. The van der Waals surface area contributed by atoms with Crippen LogP contribution in [0.3, 0.4) is 0 Å². The van der Waals surface area contributed by atoms with Gasteiger partial charge in [-0.25, -0.2) is 4.39 Å². The maximum Gasteiger partial charge on any atom is 0.435 e. The lowest BCUT2D eigenvalue weighted by atomic mass is 10.1. The first-order valence-corrected chi connectivity index (χ1v) is 16.8. The lowest BCUT2D eigenvalue weighted by Gasteiger charge is -2.10. The lowest BCUT2D eigenvalue weighted by Crippen LogP contribution is -2.16. The van der Waals surface area contributed by atoms with Gasteiger partial charge in [-0.3, -0.25) is 9.89 Å². The number of halogens is 10. The first-order valence-electron chi connectivity index (χ1n) is 16.8. The van der Waals surface area contributed by atoms with Crippen molar-refractivity contribution in [3.8, 4) is 39.5 Å². The number of alkyl halides is 9. The van der Waals surface area contributed by atoms with Crippen LogP contribution in [0.2, 0.25) is 0 Å². The summed E-state index contributed by atoms with van der Waals surface area (Å²) in [5, 5.41) is 32.6. The Morgan fingerprint density at radius 2 is 1.00 bits per heavy atom. The van der Waals surface area contributed by atoms with E-state index in [9.17, 15) is 48.7 Å². The molecule has 0 aliphatic rings. The fourth-order valence-electron chi connectivity index (χ4n) is 4.17. The minimum Gasteiger partial charge on any atom is -0.411 e. The zero-order valence-corrected chi connectivity index (χ0v) is 31.6. The van der Waals surface area contributed by atoms with Crippen LogP contribution in [0.15, 0.2) is 124 Å². The number of nitrogens with one attached hydrogen (secondary N) is 1. The van der Waals surface area contributed by atoms with E-state index in [1.165, 1.54) is 0 Å². The van der Waals surface area contributed by atoms with Gasteiger partial charge in [-0.15, -0.1) is 20.4 Å². The summed E-state index contributed by atoms with van der Waals surface area (Å²) in [6, 6.07) is 26.7. The summed E-state index contributed by atoms with van der Waals surface area (Å²) in [4.78, 5) is 16.6. The topological polar surface area (TPSA) is 151 Å². The molecule has 3 heterocycles. The second kappa shape index (κ2) is 21.1. The van der Waals surface area contributed by atoms with Gasteiger partial charge < -0.3 is 10.0 Å². The van der Waals surface area contributed by atoms with Crippen molar-refractivity contribution in [1.82, 2.24) is 30.6 Å². The van der Waals surface area contributed by atoms with Crippen LogP contribution in [0.1, 0.15) is 44.8 Å². The molecule has 0 atom stereocenters. The number of rotatable bonds is 5. The number of nitrogens with zero attached hydrogens (tertiary/aromatic N) is 7. The normalized spacial score (nSPS) is 11.0.